The number of thioether (sulfide) groups is 1. The van der Waals surface area contributed by atoms with E-state index >= 15 is 0 Å². The Balaban J connectivity index is 1.76. The van der Waals surface area contributed by atoms with Gasteiger partial charge in [-0.3, -0.25) is 4.79 Å². The van der Waals surface area contributed by atoms with Crippen LogP contribution in [0.2, 0.25) is 0 Å². The minimum absolute atomic E-state index is 0.0403. The van der Waals surface area contributed by atoms with Crippen molar-refractivity contribution < 1.29 is 14.3 Å². The summed E-state index contributed by atoms with van der Waals surface area (Å²) in [6, 6.07) is 7.63. The summed E-state index contributed by atoms with van der Waals surface area (Å²) >= 11 is 1.36. The van der Waals surface area contributed by atoms with Gasteiger partial charge in [0, 0.05) is 25.8 Å². The molecule has 0 atom stereocenters. The van der Waals surface area contributed by atoms with Crippen molar-refractivity contribution in [3.8, 4) is 17.1 Å². The van der Waals surface area contributed by atoms with Crippen LogP contribution < -0.4 is 10.1 Å². The minimum atomic E-state index is -0.0403. The molecule has 1 N–H and O–H groups in total. The first-order valence-electron chi connectivity index (χ1n) is 9.02. The van der Waals surface area contributed by atoms with Crippen molar-refractivity contribution in [2.45, 2.75) is 25.4 Å². The van der Waals surface area contributed by atoms with Crippen LogP contribution in [-0.2, 0) is 16.6 Å². The predicted molar refractivity (Wildman–Crippen MR) is 107 cm³/mol. The van der Waals surface area contributed by atoms with Crippen LogP contribution in [0.25, 0.3) is 11.4 Å². The largest absolute Gasteiger partial charge is 0.497 e. The van der Waals surface area contributed by atoms with Gasteiger partial charge in [0.25, 0.3) is 0 Å². The fourth-order valence-corrected chi connectivity index (χ4v) is 3.04. The van der Waals surface area contributed by atoms with Gasteiger partial charge in [-0.05, 0) is 36.6 Å². The Morgan fingerprint density at radius 1 is 1.22 bits per heavy atom. The molecule has 0 radical (unpaired) electrons. The van der Waals surface area contributed by atoms with Gasteiger partial charge in [-0.1, -0.05) is 25.6 Å². The molecule has 0 fully saturated rings. The summed E-state index contributed by atoms with van der Waals surface area (Å²) in [6.07, 6.45) is 1.03. The van der Waals surface area contributed by atoms with Crippen LogP contribution in [0.4, 0.5) is 0 Å². The molecule has 0 aliphatic heterocycles. The zero-order valence-corrected chi connectivity index (χ0v) is 17.2. The molecule has 0 unspecified atom stereocenters. The van der Waals surface area contributed by atoms with Gasteiger partial charge in [-0.15, -0.1) is 10.2 Å². The number of hydrogen-bond acceptors (Lipinski definition) is 6. The average molecular weight is 393 g/mol. The third-order valence-electron chi connectivity index (χ3n) is 3.92. The first-order chi connectivity index (χ1) is 13.0. The van der Waals surface area contributed by atoms with Gasteiger partial charge in [0.15, 0.2) is 11.0 Å². The van der Waals surface area contributed by atoms with E-state index in [-0.39, 0.29) is 5.91 Å². The summed E-state index contributed by atoms with van der Waals surface area (Å²) in [5, 5.41) is 12.0. The van der Waals surface area contributed by atoms with Gasteiger partial charge in [-0.2, -0.15) is 0 Å². The third-order valence-corrected chi connectivity index (χ3v) is 4.94. The second-order valence-corrected chi connectivity index (χ2v) is 7.47. The highest BCUT2D eigenvalue weighted by molar-refractivity contribution is 7.99. The van der Waals surface area contributed by atoms with Crippen LogP contribution in [0.15, 0.2) is 29.4 Å². The smallest absolute Gasteiger partial charge is 0.230 e. The summed E-state index contributed by atoms with van der Waals surface area (Å²) in [6.45, 7) is 6.11. The number of rotatable bonds is 11. The Morgan fingerprint density at radius 3 is 2.63 bits per heavy atom. The molecule has 0 saturated carbocycles. The summed E-state index contributed by atoms with van der Waals surface area (Å²) in [4.78, 5) is 12.0. The lowest BCUT2D eigenvalue weighted by Crippen LogP contribution is -2.29. The van der Waals surface area contributed by atoms with Crippen molar-refractivity contribution in [3.63, 3.8) is 0 Å². The number of ether oxygens (including phenoxy) is 2. The number of aromatic nitrogens is 3. The Hall–Kier alpha value is -2.06. The Bertz CT molecular complexity index is 716. The molecule has 0 spiro atoms. The van der Waals surface area contributed by atoms with Crippen molar-refractivity contribution in [1.82, 2.24) is 20.1 Å². The maximum absolute atomic E-state index is 12.0. The molecule has 2 aromatic rings. The molecule has 2 rings (SSSR count). The van der Waals surface area contributed by atoms with E-state index < -0.39 is 0 Å². The molecule has 1 amide bonds. The molecule has 1 aromatic carbocycles. The van der Waals surface area contributed by atoms with E-state index in [1.54, 1.807) is 7.11 Å². The second-order valence-electron chi connectivity index (χ2n) is 6.53. The highest BCUT2D eigenvalue weighted by atomic mass is 32.2. The highest BCUT2D eigenvalue weighted by Gasteiger charge is 2.13. The minimum Gasteiger partial charge on any atom is -0.497 e. The van der Waals surface area contributed by atoms with E-state index in [2.05, 4.69) is 29.4 Å². The molecular weight excluding hydrogens is 364 g/mol. The van der Waals surface area contributed by atoms with Crippen LogP contribution in [0.3, 0.4) is 0 Å². The van der Waals surface area contributed by atoms with Crippen molar-refractivity contribution in [1.29, 1.82) is 0 Å². The monoisotopic (exact) mass is 392 g/mol. The van der Waals surface area contributed by atoms with Gasteiger partial charge in [0.05, 0.1) is 19.5 Å². The summed E-state index contributed by atoms with van der Waals surface area (Å²) in [7, 11) is 3.53. The lowest BCUT2D eigenvalue weighted by atomic mass is 10.1. The van der Waals surface area contributed by atoms with Crippen molar-refractivity contribution in [3.05, 3.63) is 24.3 Å². The normalized spacial score (nSPS) is 11.0. The van der Waals surface area contributed by atoms with E-state index in [4.69, 9.17) is 9.47 Å². The maximum atomic E-state index is 12.0. The number of benzene rings is 1. The number of carbonyl (C=O) groups excluding carboxylic acids is 1. The SMILES string of the molecule is COc1ccc(-c2nnc(SCC(=O)NCCOCCC(C)C)n2C)cc1. The molecule has 148 valence electrons. The van der Waals surface area contributed by atoms with Gasteiger partial charge in [0.2, 0.25) is 5.91 Å². The Morgan fingerprint density at radius 2 is 1.96 bits per heavy atom. The number of methoxy groups -OCH3 is 1. The number of carbonyl (C=O) groups is 1. The number of hydrogen-bond donors (Lipinski definition) is 1. The average Bonchev–Trinajstić information content (AvgIpc) is 3.03. The van der Waals surface area contributed by atoms with Gasteiger partial charge >= 0.3 is 0 Å². The number of nitrogens with zero attached hydrogens (tertiary/aromatic N) is 3. The highest BCUT2D eigenvalue weighted by Crippen LogP contribution is 2.24. The van der Waals surface area contributed by atoms with Gasteiger partial charge in [-0.25, -0.2) is 0 Å². The molecule has 0 saturated heterocycles. The topological polar surface area (TPSA) is 78.3 Å². The molecule has 0 aliphatic rings. The quantitative estimate of drug-likeness (QED) is 0.468. The Labute approximate surface area is 164 Å². The van der Waals surface area contributed by atoms with Crippen LogP contribution in [-0.4, -0.2) is 53.3 Å². The fraction of sp³-hybridized carbons (Fsp3) is 0.526. The molecule has 8 heteroatoms. The lowest BCUT2D eigenvalue weighted by molar-refractivity contribution is -0.118. The summed E-state index contributed by atoms with van der Waals surface area (Å²) < 4.78 is 12.5. The standard InChI is InChI=1S/C19H28N4O3S/c1-14(2)9-11-26-12-10-20-17(24)13-27-19-22-21-18(23(19)3)15-5-7-16(25-4)8-6-15/h5-8,14H,9-13H2,1-4H3,(H,20,24). The van der Waals surface area contributed by atoms with Crippen LogP contribution in [0.1, 0.15) is 20.3 Å². The Kier molecular flexibility index (Phi) is 8.60. The zero-order valence-electron chi connectivity index (χ0n) is 16.4. The first-order valence-corrected chi connectivity index (χ1v) is 10.0. The van der Waals surface area contributed by atoms with Crippen molar-refractivity contribution in [2.75, 3.05) is 32.6 Å². The van der Waals surface area contributed by atoms with E-state index in [0.717, 1.165) is 30.2 Å². The first kappa shape index (κ1) is 21.2. The molecule has 27 heavy (non-hydrogen) atoms. The lowest BCUT2D eigenvalue weighted by Gasteiger charge is -2.08. The van der Waals surface area contributed by atoms with Crippen LogP contribution >= 0.6 is 11.8 Å². The summed E-state index contributed by atoms with van der Waals surface area (Å²) in [5.41, 5.74) is 0.945. The van der Waals surface area contributed by atoms with E-state index in [0.29, 0.717) is 30.0 Å². The number of nitrogens with one attached hydrogen (secondary N) is 1. The van der Waals surface area contributed by atoms with Crippen LogP contribution in [0.5, 0.6) is 5.75 Å². The molecule has 7 nitrogen and oxygen atoms in total. The van der Waals surface area contributed by atoms with Crippen molar-refractivity contribution in [2.24, 2.45) is 13.0 Å². The number of amides is 1. The van der Waals surface area contributed by atoms with E-state index in [9.17, 15) is 4.79 Å². The second kappa shape index (κ2) is 10.9. The fourth-order valence-electron chi connectivity index (χ4n) is 2.30. The van der Waals surface area contributed by atoms with Gasteiger partial charge < -0.3 is 19.4 Å². The van der Waals surface area contributed by atoms with Crippen molar-refractivity contribution >= 4 is 17.7 Å². The van der Waals surface area contributed by atoms with Gasteiger partial charge in [0.1, 0.15) is 5.75 Å². The predicted octanol–water partition coefficient (Wildman–Crippen LogP) is 2.76. The zero-order chi connectivity index (χ0) is 19.6. The molecular formula is C19H28N4O3S. The summed E-state index contributed by atoms with van der Waals surface area (Å²) in [5.74, 6) is 2.42. The molecule has 0 bridgehead atoms. The van der Waals surface area contributed by atoms with E-state index in [1.807, 2.05) is 35.9 Å². The van der Waals surface area contributed by atoms with E-state index in [1.165, 1.54) is 11.8 Å². The maximum Gasteiger partial charge on any atom is 0.230 e. The molecule has 1 aromatic heterocycles. The molecule has 1 heterocycles. The molecule has 0 aliphatic carbocycles. The third kappa shape index (κ3) is 6.88. The van der Waals surface area contributed by atoms with Crippen LogP contribution in [0, 0.1) is 5.92 Å².